The number of sulfonamides is 1. The lowest BCUT2D eigenvalue weighted by Gasteiger charge is -2.19. The first-order valence-corrected chi connectivity index (χ1v) is 7.59. The van der Waals surface area contributed by atoms with Gasteiger partial charge in [0.1, 0.15) is 0 Å². The third-order valence-corrected chi connectivity index (χ3v) is 3.96. The molecule has 0 amide bonds. The largest absolute Gasteiger partial charge is 0.384 e. The van der Waals surface area contributed by atoms with E-state index in [0.29, 0.717) is 6.61 Å². The molecule has 0 aromatic heterocycles. The van der Waals surface area contributed by atoms with Crippen LogP contribution in [0.5, 0.6) is 0 Å². The lowest BCUT2D eigenvalue weighted by atomic mass is 10.1. The molecule has 0 radical (unpaired) electrons. The fourth-order valence-electron chi connectivity index (χ4n) is 1.42. The molecular weight excluding hydrogens is 300 g/mol. The van der Waals surface area contributed by atoms with Crippen molar-refractivity contribution in [2.24, 2.45) is 5.73 Å². The molecule has 0 spiro atoms. The minimum Gasteiger partial charge on any atom is -0.384 e. The summed E-state index contributed by atoms with van der Waals surface area (Å²) in [6.45, 7) is 4.35. The predicted octanol–water partition coefficient (Wildman–Crippen LogP) is 1.31. The van der Waals surface area contributed by atoms with Crippen molar-refractivity contribution in [3.8, 4) is 0 Å². The maximum Gasteiger partial charge on any atom is 0.240 e. The minimum absolute atomic E-state index is 0. The molecule has 0 aliphatic heterocycles. The van der Waals surface area contributed by atoms with E-state index in [0.717, 1.165) is 12.0 Å². The van der Waals surface area contributed by atoms with Crippen LogP contribution in [-0.2, 0) is 21.2 Å². The predicted molar refractivity (Wildman–Crippen MR) is 82.7 cm³/mol. The first-order chi connectivity index (χ1) is 8.74. The molecule has 0 aliphatic carbocycles. The molecule has 0 heterocycles. The molecule has 0 atom stereocenters. The summed E-state index contributed by atoms with van der Waals surface area (Å²) in [5.74, 6) is 0. The van der Waals surface area contributed by atoms with E-state index in [1.54, 1.807) is 45.2 Å². The van der Waals surface area contributed by atoms with Crippen molar-refractivity contribution >= 4 is 22.4 Å². The molecule has 0 bridgehead atoms. The van der Waals surface area contributed by atoms with E-state index in [1.165, 1.54) is 0 Å². The summed E-state index contributed by atoms with van der Waals surface area (Å²) in [4.78, 5) is 0.248. The van der Waals surface area contributed by atoms with Crippen molar-refractivity contribution in [2.75, 3.05) is 20.3 Å². The fraction of sp³-hybridized carbons (Fsp3) is 0.538. The fourth-order valence-corrected chi connectivity index (χ4v) is 2.64. The van der Waals surface area contributed by atoms with Gasteiger partial charge in [-0.3, -0.25) is 0 Å². The summed E-state index contributed by atoms with van der Waals surface area (Å²) in [5, 5.41) is 0. The van der Waals surface area contributed by atoms with Crippen LogP contribution in [0.3, 0.4) is 0 Å². The molecule has 3 N–H and O–H groups in total. The maximum atomic E-state index is 12.0. The van der Waals surface area contributed by atoms with Gasteiger partial charge in [-0.2, -0.15) is 0 Å². The van der Waals surface area contributed by atoms with Crippen LogP contribution in [0.1, 0.15) is 19.4 Å². The van der Waals surface area contributed by atoms with Gasteiger partial charge >= 0.3 is 0 Å². The Morgan fingerprint density at radius 1 is 1.25 bits per heavy atom. The Hall–Kier alpha value is -0.660. The average molecular weight is 323 g/mol. The number of nitrogens with two attached hydrogens (primary N) is 1. The Morgan fingerprint density at radius 3 is 2.25 bits per heavy atom. The molecule has 1 aromatic carbocycles. The third-order valence-electron chi connectivity index (χ3n) is 2.55. The maximum absolute atomic E-state index is 12.0. The number of hydrogen-bond acceptors (Lipinski definition) is 4. The Kier molecular flexibility index (Phi) is 7.69. The topological polar surface area (TPSA) is 81.4 Å². The quantitative estimate of drug-likeness (QED) is 0.793. The summed E-state index contributed by atoms with van der Waals surface area (Å²) < 4.78 is 31.5. The van der Waals surface area contributed by atoms with E-state index in [4.69, 9.17) is 10.5 Å². The summed E-state index contributed by atoms with van der Waals surface area (Å²) in [5.41, 5.74) is 6.22. The van der Waals surface area contributed by atoms with Crippen LogP contribution < -0.4 is 10.5 Å². The zero-order valence-electron chi connectivity index (χ0n) is 12.0. The molecule has 116 valence electrons. The van der Waals surface area contributed by atoms with Gasteiger partial charge in [-0.05, 0) is 38.0 Å². The van der Waals surface area contributed by atoms with Crippen LogP contribution in [0.25, 0.3) is 0 Å². The van der Waals surface area contributed by atoms with Gasteiger partial charge < -0.3 is 10.5 Å². The monoisotopic (exact) mass is 322 g/mol. The van der Waals surface area contributed by atoms with Crippen molar-refractivity contribution in [3.05, 3.63) is 29.8 Å². The third kappa shape index (κ3) is 6.67. The first-order valence-electron chi connectivity index (χ1n) is 6.11. The highest BCUT2D eigenvalue weighted by Gasteiger charge is 2.18. The zero-order valence-corrected chi connectivity index (χ0v) is 13.7. The van der Waals surface area contributed by atoms with Crippen molar-refractivity contribution in [3.63, 3.8) is 0 Å². The van der Waals surface area contributed by atoms with Gasteiger partial charge in [0.05, 0.1) is 11.5 Å². The molecule has 1 aromatic rings. The normalized spacial score (nSPS) is 12.0. The van der Waals surface area contributed by atoms with Crippen LogP contribution in [0.15, 0.2) is 29.2 Å². The van der Waals surface area contributed by atoms with Crippen LogP contribution in [0.4, 0.5) is 0 Å². The summed E-state index contributed by atoms with van der Waals surface area (Å²) >= 11 is 0. The number of ether oxygens (including phenoxy) is 1. The molecule has 0 aliphatic rings. The van der Waals surface area contributed by atoms with Crippen LogP contribution in [0.2, 0.25) is 0 Å². The Balaban J connectivity index is 0.00000361. The van der Waals surface area contributed by atoms with Crippen molar-refractivity contribution in [1.82, 2.24) is 4.72 Å². The number of hydrogen-bond donors (Lipinski definition) is 2. The number of halogens is 1. The van der Waals surface area contributed by atoms with Gasteiger partial charge in [0, 0.05) is 19.2 Å². The van der Waals surface area contributed by atoms with Crippen LogP contribution >= 0.6 is 12.4 Å². The van der Waals surface area contributed by atoms with Crippen LogP contribution in [0, 0.1) is 0 Å². The summed E-state index contributed by atoms with van der Waals surface area (Å²) in [6, 6.07) is 6.77. The highest BCUT2D eigenvalue weighted by Crippen LogP contribution is 2.11. The second-order valence-electron chi connectivity index (χ2n) is 5.20. The Morgan fingerprint density at radius 2 is 1.80 bits per heavy atom. The van der Waals surface area contributed by atoms with E-state index >= 15 is 0 Å². The Bertz CT molecular complexity index is 495. The van der Waals surface area contributed by atoms with E-state index in [2.05, 4.69) is 4.72 Å². The lowest BCUT2D eigenvalue weighted by molar-refractivity contribution is 0.202. The molecule has 7 heteroatoms. The standard InChI is InChI=1S/C13H22N2O3S.ClH/c1-13(2,14)10-15-19(16,17)12-6-4-11(5-7-12)8-9-18-3;/h4-7,15H,8-10,14H2,1-3H3;1H. The second-order valence-corrected chi connectivity index (χ2v) is 6.97. The molecule has 1 rings (SSSR count). The van der Waals surface area contributed by atoms with Gasteiger partial charge in [-0.1, -0.05) is 12.1 Å². The van der Waals surface area contributed by atoms with E-state index in [9.17, 15) is 8.42 Å². The first kappa shape index (κ1) is 19.3. The highest BCUT2D eigenvalue weighted by atomic mass is 35.5. The lowest BCUT2D eigenvalue weighted by Crippen LogP contribution is -2.45. The van der Waals surface area contributed by atoms with Gasteiger partial charge in [-0.15, -0.1) is 12.4 Å². The van der Waals surface area contributed by atoms with E-state index in [-0.39, 0.29) is 23.8 Å². The average Bonchev–Trinajstić information content (AvgIpc) is 2.34. The number of methoxy groups -OCH3 is 1. The zero-order chi connectivity index (χ0) is 14.5. The van der Waals surface area contributed by atoms with Gasteiger partial charge in [-0.25, -0.2) is 13.1 Å². The highest BCUT2D eigenvalue weighted by molar-refractivity contribution is 7.89. The SMILES string of the molecule is COCCc1ccc(S(=O)(=O)NCC(C)(C)N)cc1.Cl. The smallest absolute Gasteiger partial charge is 0.240 e. The molecule has 0 saturated heterocycles. The summed E-state index contributed by atoms with van der Waals surface area (Å²) in [7, 11) is -1.86. The van der Waals surface area contributed by atoms with Gasteiger partial charge in [0.2, 0.25) is 10.0 Å². The van der Waals surface area contributed by atoms with Gasteiger partial charge in [0.15, 0.2) is 0 Å². The minimum atomic E-state index is -3.49. The number of nitrogens with one attached hydrogen (secondary N) is 1. The van der Waals surface area contributed by atoms with Gasteiger partial charge in [0.25, 0.3) is 0 Å². The Labute approximate surface area is 127 Å². The molecule has 20 heavy (non-hydrogen) atoms. The molecule has 0 fully saturated rings. The molecule has 0 unspecified atom stereocenters. The van der Waals surface area contributed by atoms with Crippen molar-refractivity contribution in [1.29, 1.82) is 0 Å². The number of rotatable bonds is 7. The van der Waals surface area contributed by atoms with E-state index < -0.39 is 15.6 Å². The number of benzene rings is 1. The van der Waals surface area contributed by atoms with Crippen molar-refractivity contribution < 1.29 is 13.2 Å². The summed E-state index contributed by atoms with van der Waals surface area (Å²) in [6.07, 6.45) is 0.764. The molecular formula is C13H23ClN2O3S. The molecule has 5 nitrogen and oxygen atoms in total. The van der Waals surface area contributed by atoms with Crippen LogP contribution in [-0.4, -0.2) is 34.2 Å². The second kappa shape index (κ2) is 7.95. The molecule has 0 saturated carbocycles. The van der Waals surface area contributed by atoms with Crippen molar-refractivity contribution in [2.45, 2.75) is 30.7 Å². The van der Waals surface area contributed by atoms with E-state index in [1.807, 2.05) is 0 Å².